The topological polar surface area (TPSA) is 43.6 Å². The molecule has 2 atom stereocenters. The molecule has 2 aliphatic heterocycles. The molecule has 1 radical (unpaired) electrons. The van der Waals surface area contributed by atoms with E-state index in [0.29, 0.717) is 0 Å². The van der Waals surface area contributed by atoms with Crippen molar-refractivity contribution in [2.75, 3.05) is 26.2 Å². The van der Waals surface area contributed by atoms with Crippen LogP contribution in [0.2, 0.25) is 0 Å². The van der Waals surface area contributed by atoms with Crippen molar-refractivity contribution in [1.29, 1.82) is 0 Å². The van der Waals surface area contributed by atoms with E-state index in [2.05, 4.69) is 5.32 Å². The molecule has 0 saturated carbocycles. The average molecular weight is 169 g/mol. The summed E-state index contributed by atoms with van der Waals surface area (Å²) in [5.74, 6) is 0.148. The molecular formula is C8H13N2O2. The molecular weight excluding hydrogens is 156 g/mol. The summed E-state index contributed by atoms with van der Waals surface area (Å²) in [4.78, 5) is 12.9. The lowest BCUT2D eigenvalue weighted by atomic mass is 10.1. The summed E-state index contributed by atoms with van der Waals surface area (Å²) in [6.07, 6.45) is 0.308. The predicted molar refractivity (Wildman–Crippen MR) is 42.8 cm³/mol. The van der Waals surface area contributed by atoms with Gasteiger partial charge in [-0.2, -0.15) is 0 Å². The molecule has 0 aromatic rings. The molecule has 1 amide bonds. The van der Waals surface area contributed by atoms with Crippen LogP contribution < -0.4 is 5.32 Å². The van der Waals surface area contributed by atoms with E-state index in [1.54, 1.807) is 6.92 Å². The van der Waals surface area contributed by atoms with Crippen molar-refractivity contribution in [3.8, 4) is 0 Å². The predicted octanol–water partition coefficient (Wildman–Crippen LogP) is -0.780. The smallest absolute Gasteiger partial charge is 0.219 e. The second kappa shape index (κ2) is 3.03. The first-order valence-corrected chi connectivity index (χ1v) is 4.30. The lowest BCUT2D eigenvalue weighted by molar-refractivity contribution is -0.147. The number of nitrogens with zero attached hydrogens (tertiary/aromatic N) is 2. The molecule has 0 N–H and O–H groups in total. The first kappa shape index (κ1) is 8.01. The van der Waals surface area contributed by atoms with Crippen LogP contribution in [-0.2, 0) is 9.53 Å². The second-order valence-corrected chi connectivity index (χ2v) is 3.39. The summed E-state index contributed by atoms with van der Waals surface area (Å²) >= 11 is 0. The van der Waals surface area contributed by atoms with E-state index < -0.39 is 0 Å². The Morgan fingerprint density at radius 2 is 2.00 bits per heavy atom. The normalized spacial score (nSPS) is 34.9. The quantitative estimate of drug-likeness (QED) is 0.477. The Balaban J connectivity index is 2.00. The molecule has 2 heterocycles. The standard InChI is InChI=1S/C8H13N2O2/c1-6(11)10-4-7-2-9-3-8(5-10)12-7/h7-8H,2-5H2,1H3. The maximum Gasteiger partial charge on any atom is 0.219 e. The Bertz CT molecular complexity index is 183. The number of rotatable bonds is 0. The molecule has 12 heavy (non-hydrogen) atoms. The van der Waals surface area contributed by atoms with Crippen molar-refractivity contribution in [1.82, 2.24) is 10.2 Å². The molecule has 2 aliphatic rings. The Morgan fingerprint density at radius 3 is 2.50 bits per heavy atom. The van der Waals surface area contributed by atoms with E-state index in [0.717, 1.165) is 26.2 Å². The number of carbonyl (C=O) groups excluding carboxylic acids is 1. The van der Waals surface area contributed by atoms with Gasteiger partial charge in [0.25, 0.3) is 0 Å². The lowest BCUT2D eigenvalue weighted by Crippen LogP contribution is -2.57. The van der Waals surface area contributed by atoms with Crippen molar-refractivity contribution < 1.29 is 9.53 Å². The number of carbonyl (C=O) groups is 1. The van der Waals surface area contributed by atoms with Crippen molar-refractivity contribution in [2.45, 2.75) is 19.1 Å². The van der Waals surface area contributed by atoms with Gasteiger partial charge in [0.1, 0.15) is 0 Å². The monoisotopic (exact) mass is 169 g/mol. The van der Waals surface area contributed by atoms with Gasteiger partial charge in [-0.15, -0.1) is 0 Å². The highest BCUT2D eigenvalue weighted by molar-refractivity contribution is 5.73. The third-order valence-corrected chi connectivity index (χ3v) is 2.34. The van der Waals surface area contributed by atoms with Gasteiger partial charge in [-0.3, -0.25) is 4.79 Å². The van der Waals surface area contributed by atoms with E-state index in [1.165, 1.54) is 0 Å². The zero-order valence-electron chi connectivity index (χ0n) is 7.19. The van der Waals surface area contributed by atoms with Crippen LogP contribution in [0.25, 0.3) is 0 Å². The van der Waals surface area contributed by atoms with Gasteiger partial charge in [0.2, 0.25) is 5.91 Å². The van der Waals surface area contributed by atoms with E-state index >= 15 is 0 Å². The minimum Gasteiger partial charge on any atom is -0.369 e. The average Bonchev–Trinajstić information content (AvgIpc) is 2.03. The fourth-order valence-corrected chi connectivity index (χ4v) is 1.75. The summed E-state index contributed by atoms with van der Waals surface area (Å²) in [6.45, 7) is 4.55. The molecule has 4 nitrogen and oxygen atoms in total. The highest BCUT2D eigenvalue weighted by Crippen LogP contribution is 2.14. The second-order valence-electron chi connectivity index (χ2n) is 3.39. The maximum atomic E-state index is 11.1. The molecule has 2 saturated heterocycles. The van der Waals surface area contributed by atoms with E-state index in [-0.39, 0.29) is 18.1 Å². The summed E-state index contributed by atoms with van der Waals surface area (Å²) < 4.78 is 5.62. The number of fused-ring (bicyclic) bond motifs is 2. The van der Waals surface area contributed by atoms with Gasteiger partial charge in [-0.25, -0.2) is 5.32 Å². The third-order valence-electron chi connectivity index (χ3n) is 2.34. The number of hydrogen-bond donors (Lipinski definition) is 0. The van der Waals surface area contributed by atoms with Crippen LogP contribution in [0.15, 0.2) is 0 Å². The molecule has 67 valence electrons. The molecule has 0 aromatic heterocycles. The van der Waals surface area contributed by atoms with Crippen LogP contribution >= 0.6 is 0 Å². The first-order chi connectivity index (χ1) is 5.75. The van der Waals surface area contributed by atoms with Crippen molar-refractivity contribution in [2.24, 2.45) is 0 Å². The molecule has 0 spiro atoms. The van der Waals surface area contributed by atoms with Gasteiger partial charge in [-0.1, -0.05) is 0 Å². The van der Waals surface area contributed by atoms with Crippen molar-refractivity contribution in [3.63, 3.8) is 0 Å². The van der Waals surface area contributed by atoms with Crippen LogP contribution in [0.5, 0.6) is 0 Å². The Kier molecular flexibility index (Phi) is 2.02. The summed E-state index contributed by atoms with van der Waals surface area (Å²) in [7, 11) is 0. The third kappa shape index (κ3) is 1.44. The number of ether oxygens (including phenoxy) is 1. The molecule has 2 bridgehead atoms. The van der Waals surface area contributed by atoms with Crippen molar-refractivity contribution in [3.05, 3.63) is 0 Å². The zero-order valence-corrected chi connectivity index (χ0v) is 7.19. The highest BCUT2D eigenvalue weighted by atomic mass is 16.5. The summed E-state index contributed by atoms with van der Waals surface area (Å²) in [5, 5.41) is 4.29. The van der Waals surface area contributed by atoms with E-state index in [1.807, 2.05) is 4.90 Å². The van der Waals surface area contributed by atoms with Gasteiger partial charge < -0.3 is 9.64 Å². The Hall–Kier alpha value is -0.610. The lowest BCUT2D eigenvalue weighted by Gasteiger charge is -2.40. The van der Waals surface area contributed by atoms with E-state index in [9.17, 15) is 4.79 Å². The SMILES string of the molecule is CC(=O)N1CC2C[N]CC(C1)O2. The molecule has 0 aliphatic carbocycles. The zero-order chi connectivity index (χ0) is 8.55. The van der Waals surface area contributed by atoms with Crippen LogP contribution in [0.1, 0.15) is 6.92 Å². The summed E-state index contributed by atoms with van der Waals surface area (Å²) in [6, 6.07) is 0. The molecule has 0 aromatic carbocycles. The largest absolute Gasteiger partial charge is 0.369 e. The van der Waals surface area contributed by atoms with Crippen LogP contribution in [-0.4, -0.2) is 49.2 Å². The molecule has 2 fully saturated rings. The maximum absolute atomic E-state index is 11.1. The molecule has 4 heteroatoms. The highest BCUT2D eigenvalue weighted by Gasteiger charge is 2.32. The van der Waals surface area contributed by atoms with Gasteiger partial charge in [0.05, 0.1) is 12.2 Å². The Morgan fingerprint density at radius 1 is 1.42 bits per heavy atom. The minimum absolute atomic E-state index is 0.148. The van der Waals surface area contributed by atoms with E-state index in [4.69, 9.17) is 4.74 Å². The fourth-order valence-electron chi connectivity index (χ4n) is 1.75. The van der Waals surface area contributed by atoms with Gasteiger partial charge in [0.15, 0.2) is 0 Å². The van der Waals surface area contributed by atoms with Gasteiger partial charge in [-0.05, 0) is 0 Å². The summed E-state index contributed by atoms with van der Waals surface area (Å²) in [5.41, 5.74) is 0. The first-order valence-electron chi connectivity index (χ1n) is 4.30. The van der Waals surface area contributed by atoms with Crippen molar-refractivity contribution >= 4 is 5.91 Å². The van der Waals surface area contributed by atoms with Crippen LogP contribution in [0, 0.1) is 0 Å². The fraction of sp³-hybridized carbons (Fsp3) is 0.875. The van der Waals surface area contributed by atoms with Crippen LogP contribution in [0.4, 0.5) is 0 Å². The minimum atomic E-state index is 0.148. The van der Waals surface area contributed by atoms with Gasteiger partial charge >= 0.3 is 0 Å². The molecule has 2 unspecified atom stereocenters. The number of morpholine rings is 2. The van der Waals surface area contributed by atoms with Gasteiger partial charge in [0, 0.05) is 33.1 Å². The number of amides is 1. The van der Waals surface area contributed by atoms with Crippen LogP contribution in [0.3, 0.4) is 0 Å². The Labute approximate surface area is 71.9 Å². The number of hydrogen-bond acceptors (Lipinski definition) is 2. The molecule has 2 rings (SSSR count).